The number of nitrogens with one attached hydrogen (secondary N) is 2. The molecule has 0 saturated heterocycles. The molecule has 0 aromatic carbocycles. The van der Waals surface area contributed by atoms with Crippen molar-refractivity contribution in [2.75, 3.05) is 6.54 Å². The Morgan fingerprint density at radius 2 is 2.00 bits per heavy atom. The number of alkyl halides is 1. The van der Waals surface area contributed by atoms with E-state index in [-0.39, 0.29) is 29.6 Å². The first-order valence-corrected chi connectivity index (χ1v) is 6.15. The lowest BCUT2D eigenvalue weighted by molar-refractivity contribution is -0.120. The lowest BCUT2D eigenvalue weighted by atomic mass is 10.3. The molecule has 2 amide bonds. The highest BCUT2D eigenvalue weighted by atomic mass is 35.5. The molecule has 1 unspecified atom stereocenters. The van der Waals surface area contributed by atoms with Crippen molar-refractivity contribution in [3.8, 4) is 0 Å². The third-order valence-corrected chi connectivity index (χ3v) is 2.32. The van der Waals surface area contributed by atoms with E-state index < -0.39 is 5.91 Å². The van der Waals surface area contributed by atoms with E-state index in [1.54, 1.807) is 13.0 Å². The maximum Gasteiger partial charge on any atom is 0.287 e. The van der Waals surface area contributed by atoms with Gasteiger partial charge in [0, 0.05) is 6.04 Å². The maximum atomic E-state index is 11.6. The fraction of sp³-hybridized carbons (Fsp3) is 0.500. The first kappa shape index (κ1) is 14.6. The van der Waals surface area contributed by atoms with Gasteiger partial charge in [0.25, 0.3) is 5.91 Å². The van der Waals surface area contributed by atoms with Crippen molar-refractivity contribution >= 4 is 23.4 Å². The largest absolute Gasteiger partial charge is 0.454 e. The third kappa shape index (κ3) is 4.41. The molecule has 0 saturated carbocycles. The maximum absolute atomic E-state index is 11.6. The average molecular weight is 273 g/mol. The van der Waals surface area contributed by atoms with Crippen molar-refractivity contribution in [3.63, 3.8) is 0 Å². The summed E-state index contributed by atoms with van der Waals surface area (Å²) in [5.41, 5.74) is 0. The Hall–Kier alpha value is -1.49. The van der Waals surface area contributed by atoms with Crippen LogP contribution in [0.15, 0.2) is 16.5 Å². The monoisotopic (exact) mass is 272 g/mol. The Morgan fingerprint density at radius 3 is 2.50 bits per heavy atom. The summed E-state index contributed by atoms with van der Waals surface area (Å²) in [6, 6.07) is 3.21. The number of amides is 2. The van der Waals surface area contributed by atoms with E-state index in [2.05, 4.69) is 10.6 Å². The van der Waals surface area contributed by atoms with Crippen LogP contribution in [0.2, 0.25) is 0 Å². The predicted molar refractivity (Wildman–Crippen MR) is 68.6 cm³/mol. The summed E-state index contributed by atoms with van der Waals surface area (Å²) in [4.78, 5) is 23.0. The quantitative estimate of drug-likeness (QED) is 0.804. The van der Waals surface area contributed by atoms with Gasteiger partial charge in [0.05, 0.1) is 11.9 Å². The molecule has 0 aliphatic heterocycles. The van der Waals surface area contributed by atoms with Gasteiger partial charge >= 0.3 is 0 Å². The average Bonchev–Trinajstić information content (AvgIpc) is 2.74. The van der Waals surface area contributed by atoms with Crippen LogP contribution >= 0.6 is 11.6 Å². The van der Waals surface area contributed by atoms with Gasteiger partial charge in [-0.2, -0.15) is 0 Å². The van der Waals surface area contributed by atoms with E-state index in [0.29, 0.717) is 5.76 Å². The highest BCUT2D eigenvalue weighted by Gasteiger charge is 2.14. The highest BCUT2D eigenvalue weighted by Crippen LogP contribution is 2.21. The molecule has 0 bridgehead atoms. The van der Waals surface area contributed by atoms with Gasteiger partial charge < -0.3 is 15.1 Å². The van der Waals surface area contributed by atoms with Crippen LogP contribution < -0.4 is 10.6 Å². The second-order valence-electron chi connectivity index (χ2n) is 4.22. The van der Waals surface area contributed by atoms with Crippen LogP contribution in [-0.4, -0.2) is 24.4 Å². The van der Waals surface area contributed by atoms with E-state index in [1.807, 2.05) is 13.8 Å². The highest BCUT2D eigenvalue weighted by molar-refractivity contribution is 6.20. The number of hydrogen-bond donors (Lipinski definition) is 2. The van der Waals surface area contributed by atoms with E-state index >= 15 is 0 Å². The molecule has 1 atom stereocenters. The third-order valence-electron chi connectivity index (χ3n) is 2.10. The number of carbonyl (C=O) groups excluding carboxylic acids is 2. The smallest absolute Gasteiger partial charge is 0.287 e. The van der Waals surface area contributed by atoms with Gasteiger partial charge in [-0.15, -0.1) is 11.6 Å². The Morgan fingerprint density at radius 1 is 1.33 bits per heavy atom. The van der Waals surface area contributed by atoms with E-state index in [1.165, 1.54) is 6.07 Å². The topological polar surface area (TPSA) is 71.3 Å². The SMILES string of the molecule is CC(C)NC(=O)CNC(=O)c1ccc(C(C)Cl)o1. The minimum Gasteiger partial charge on any atom is -0.454 e. The van der Waals surface area contributed by atoms with Crippen LogP contribution in [0.25, 0.3) is 0 Å². The Kier molecular flexibility index (Phi) is 5.22. The van der Waals surface area contributed by atoms with Crippen LogP contribution in [0.4, 0.5) is 0 Å². The summed E-state index contributed by atoms with van der Waals surface area (Å²) in [7, 11) is 0. The fourth-order valence-electron chi connectivity index (χ4n) is 1.31. The molecule has 100 valence electrons. The molecule has 1 aromatic heterocycles. The number of halogens is 1. The zero-order valence-corrected chi connectivity index (χ0v) is 11.4. The first-order chi connectivity index (χ1) is 8.40. The Balaban J connectivity index is 2.47. The molecule has 0 aliphatic rings. The molecular formula is C12H17ClN2O3. The fourth-order valence-corrected chi connectivity index (χ4v) is 1.43. The minimum absolute atomic E-state index is 0.0433. The summed E-state index contributed by atoms with van der Waals surface area (Å²) in [6.45, 7) is 5.36. The molecule has 5 nitrogen and oxygen atoms in total. The lowest BCUT2D eigenvalue weighted by Crippen LogP contribution is -2.39. The number of hydrogen-bond acceptors (Lipinski definition) is 3. The molecule has 1 heterocycles. The van der Waals surface area contributed by atoms with Crippen LogP contribution in [0.1, 0.15) is 42.5 Å². The van der Waals surface area contributed by atoms with Gasteiger partial charge in [-0.1, -0.05) is 0 Å². The molecule has 2 N–H and O–H groups in total. The van der Waals surface area contributed by atoms with Crippen molar-refractivity contribution in [3.05, 3.63) is 23.7 Å². The number of rotatable bonds is 5. The molecule has 0 radical (unpaired) electrons. The molecule has 1 rings (SSSR count). The zero-order valence-electron chi connectivity index (χ0n) is 10.6. The Labute approximate surface area is 111 Å². The van der Waals surface area contributed by atoms with Gasteiger partial charge in [0.2, 0.25) is 5.91 Å². The molecule has 18 heavy (non-hydrogen) atoms. The van der Waals surface area contributed by atoms with E-state index in [9.17, 15) is 9.59 Å². The molecule has 0 fully saturated rings. The zero-order chi connectivity index (χ0) is 13.7. The number of furan rings is 1. The van der Waals surface area contributed by atoms with Crippen LogP contribution in [0.3, 0.4) is 0 Å². The van der Waals surface area contributed by atoms with Crippen LogP contribution in [-0.2, 0) is 4.79 Å². The molecule has 6 heteroatoms. The Bertz CT molecular complexity index is 427. The van der Waals surface area contributed by atoms with Crippen molar-refractivity contribution in [2.45, 2.75) is 32.2 Å². The minimum atomic E-state index is -0.433. The summed E-state index contributed by atoms with van der Waals surface area (Å²) in [5, 5.41) is 4.84. The molecule has 0 aliphatic carbocycles. The van der Waals surface area contributed by atoms with Crippen molar-refractivity contribution in [1.82, 2.24) is 10.6 Å². The second kappa shape index (κ2) is 6.44. The molecule has 0 spiro atoms. The van der Waals surface area contributed by atoms with Crippen LogP contribution in [0.5, 0.6) is 0 Å². The van der Waals surface area contributed by atoms with Crippen molar-refractivity contribution in [2.24, 2.45) is 0 Å². The standard InChI is InChI=1S/C12H17ClN2O3/c1-7(2)15-11(16)6-14-12(17)10-5-4-9(18-10)8(3)13/h4-5,7-8H,6H2,1-3H3,(H,14,17)(H,15,16). The van der Waals surface area contributed by atoms with Crippen LogP contribution in [0, 0.1) is 0 Å². The second-order valence-corrected chi connectivity index (χ2v) is 4.88. The van der Waals surface area contributed by atoms with Gasteiger partial charge in [0.1, 0.15) is 5.76 Å². The first-order valence-electron chi connectivity index (χ1n) is 5.71. The summed E-state index contributed by atoms with van der Waals surface area (Å²) in [6.07, 6.45) is 0. The summed E-state index contributed by atoms with van der Waals surface area (Å²) >= 11 is 5.82. The van der Waals surface area contributed by atoms with Gasteiger partial charge in [-0.25, -0.2) is 0 Å². The summed E-state index contributed by atoms with van der Waals surface area (Å²) < 4.78 is 5.24. The number of carbonyl (C=O) groups is 2. The van der Waals surface area contributed by atoms with Crippen molar-refractivity contribution < 1.29 is 14.0 Å². The van der Waals surface area contributed by atoms with Gasteiger partial charge in [-0.05, 0) is 32.9 Å². The summed E-state index contributed by atoms with van der Waals surface area (Å²) in [5.74, 6) is -0.00314. The predicted octanol–water partition coefficient (Wildman–Crippen LogP) is 1.83. The molecule has 1 aromatic rings. The van der Waals surface area contributed by atoms with Gasteiger partial charge in [0.15, 0.2) is 5.76 Å². The van der Waals surface area contributed by atoms with E-state index in [0.717, 1.165) is 0 Å². The molecular weight excluding hydrogens is 256 g/mol. The lowest BCUT2D eigenvalue weighted by Gasteiger charge is -2.08. The van der Waals surface area contributed by atoms with E-state index in [4.69, 9.17) is 16.0 Å². The normalized spacial score (nSPS) is 12.3. The van der Waals surface area contributed by atoms with Gasteiger partial charge in [-0.3, -0.25) is 9.59 Å². The van der Waals surface area contributed by atoms with Crippen molar-refractivity contribution in [1.29, 1.82) is 0 Å².